The Kier molecular flexibility index (Phi) is 5.78. The van der Waals surface area contributed by atoms with Gasteiger partial charge in [0.1, 0.15) is 0 Å². The number of aromatic nitrogens is 1. The van der Waals surface area contributed by atoms with Gasteiger partial charge in [0, 0.05) is 5.69 Å². The number of carbonyl (C=O) groups excluding carboxylic acids is 2. The van der Waals surface area contributed by atoms with Gasteiger partial charge in [-0.2, -0.15) is 0 Å². The maximum Gasteiger partial charge on any atom is 0.268 e. The number of nitrogens with one attached hydrogen (secondary N) is 1. The van der Waals surface area contributed by atoms with Crippen molar-refractivity contribution in [1.29, 1.82) is 0 Å². The van der Waals surface area contributed by atoms with E-state index >= 15 is 0 Å². The van der Waals surface area contributed by atoms with Gasteiger partial charge in [-0.05, 0) is 61.2 Å². The number of pyridine rings is 1. The molecule has 2 aromatic carbocycles. The van der Waals surface area contributed by atoms with E-state index in [9.17, 15) is 18.0 Å². The molecule has 34 heavy (non-hydrogen) atoms. The largest absolute Gasteiger partial charge is 0.279 e. The summed E-state index contributed by atoms with van der Waals surface area (Å²) in [5.41, 5.74) is 2.25. The molecule has 0 radical (unpaired) electrons. The number of halogens is 1. The van der Waals surface area contributed by atoms with Crippen LogP contribution in [0.15, 0.2) is 53.4 Å². The lowest BCUT2D eigenvalue weighted by atomic mass is 9.87. The summed E-state index contributed by atoms with van der Waals surface area (Å²) in [5, 5.41) is 0.0612. The van der Waals surface area contributed by atoms with Crippen molar-refractivity contribution >= 4 is 44.8 Å². The zero-order valence-electron chi connectivity index (χ0n) is 19.4. The highest BCUT2D eigenvalue weighted by molar-refractivity contribution is 7.92. The number of nitrogens with zero attached hydrogens (tertiary/aromatic N) is 2. The predicted octanol–water partition coefficient (Wildman–Crippen LogP) is 5.25. The third-order valence-corrected chi connectivity index (χ3v) is 7.40. The van der Waals surface area contributed by atoms with Crippen LogP contribution >= 0.6 is 11.6 Å². The van der Waals surface area contributed by atoms with Crippen LogP contribution in [0, 0.1) is 13.8 Å². The molecule has 1 aromatic heterocycles. The molecule has 0 spiro atoms. The van der Waals surface area contributed by atoms with E-state index in [1.807, 2.05) is 20.8 Å². The lowest BCUT2D eigenvalue weighted by Crippen LogP contribution is -2.30. The van der Waals surface area contributed by atoms with Crippen molar-refractivity contribution < 1.29 is 18.0 Å². The Hall–Kier alpha value is -3.23. The summed E-state index contributed by atoms with van der Waals surface area (Å²) >= 11 is 6.28. The van der Waals surface area contributed by atoms with Crippen molar-refractivity contribution in [3.63, 3.8) is 0 Å². The van der Waals surface area contributed by atoms with Gasteiger partial charge in [-0.25, -0.2) is 13.3 Å². The van der Waals surface area contributed by atoms with Gasteiger partial charge in [0.25, 0.3) is 21.8 Å². The van der Waals surface area contributed by atoms with E-state index in [1.165, 1.54) is 24.3 Å². The van der Waals surface area contributed by atoms with Crippen molar-refractivity contribution in [2.45, 2.75) is 44.9 Å². The number of amides is 2. The number of hydrogen-bond acceptors (Lipinski definition) is 5. The standard InChI is InChI=1S/C25H24ClN3O4S/c1-14-6-13-20(15(2)27-14)29-23(30)21-18(26)11-12-19(22(21)24(29)31)28-34(32,33)17-9-7-16(8-10-17)25(3,4)5/h6-13,28H,1-5H3. The molecule has 1 aliphatic rings. The van der Waals surface area contributed by atoms with E-state index in [0.29, 0.717) is 11.4 Å². The molecule has 2 heterocycles. The number of aryl methyl sites for hydroxylation is 2. The second-order valence-corrected chi connectivity index (χ2v) is 11.3. The van der Waals surface area contributed by atoms with Crippen LogP contribution < -0.4 is 9.62 Å². The highest BCUT2D eigenvalue weighted by Gasteiger charge is 2.41. The zero-order valence-corrected chi connectivity index (χ0v) is 21.0. The zero-order chi connectivity index (χ0) is 25.0. The molecule has 176 valence electrons. The first-order valence-electron chi connectivity index (χ1n) is 10.6. The third-order valence-electron chi connectivity index (χ3n) is 5.70. The van der Waals surface area contributed by atoms with Crippen molar-refractivity contribution in [1.82, 2.24) is 4.98 Å². The van der Waals surface area contributed by atoms with E-state index in [-0.39, 0.29) is 32.1 Å². The van der Waals surface area contributed by atoms with Crippen LogP contribution in [-0.4, -0.2) is 25.2 Å². The quantitative estimate of drug-likeness (QED) is 0.496. The van der Waals surface area contributed by atoms with E-state index in [0.717, 1.165) is 16.2 Å². The maximum absolute atomic E-state index is 13.4. The molecule has 4 rings (SSSR count). The minimum Gasteiger partial charge on any atom is -0.279 e. The third kappa shape index (κ3) is 4.08. The smallest absolute Gasteiger partial charge is 0.268 e. The average Bonchev–Trinajstić information content (AvgIpc) is 3.01. The van der Waals surface area contributed by atoms with Crippen LogP contribution in [0.2, 0.25) is 5.02 Å². The van der Waals surface area contributed by atoms with Crippen LogP contribution in [-0.2, 0) is 15.4 Å². The number of imide groups is 1. The second kappa shape index (κ2) is 8.21. The van der Waals surface area contributed by atoms with E-state index < -0.39 is 21.8 Å². The first-order valence-corrected chi connectivity index (χ1v) is 12.5. The van der Waals surface area contributed by atoms with Crippen molar-refractivity contribution in [2.24, 2.45) is 0 Å². The van der Waals surface area contributed by atoms with Gasteiger partial charge in [0.05, 0.1) is 38.1 Å². The summed E-state index contributed by atoms with van der Waals surface area (Å²) in [6.45, 7) is 9.59. The molecular weight excluding hydrogens is 474 g/mol. The topological polar surface area (TPSA) is 96.4 Å². The number of fused-ring (bicyclic) bond motifs is 1. The molecule has 0 saturated carbocycles. The van der Waals surface area contributed by atoms with Crippen molar-refractivity contribution in [2.75, 3.05) is 9.62 Å². The van der Waals surface area contributed by atoms with Gasteiger partial charge in [0.15, 0.2) is 0 Å². The lowest BCUT2D eigenvalue weighted by molar-refractivity contribution is 0.0926. The molecule has 2 amide bonds. The molecule has 1 aliphatic heterocycles. The van der Waals surface area contributed by atoms with E-state index in [2.05, 4.69) is 9.71 Å². The van der Waals surface area contributed by atoms with Gasteiger partial charge >= 0.3 is 0 Å². The van der Waals surface area contributed by atoms with Gasteiger partial charge in [-0.1, -0.05) is 44.5 Å². The highest BCUT2D eigenvalue weighted by atomic mass is 35.5. The molecule has 0 fully saturated rings. The van der Waals surface area contributed by atoms with Crippen LogP contribution in [0.5, 0.6) is 0 Å². The average molecular weight is 498 g/mol. The fourth-order valence-corrected chi connectivity index (χ4v) is 5.19. The van der Waals surface area contributed by atoms with Crippen LogP contribution in [0.1, 0.15) is 58.4 Å². The minimum absolute atomic E-state index is 0.0159. The molecule has 9 heteroatoms. The summed E-state index contributed by atoms with van der Waals surface area (Å²) in [5.74, 6) is -1.30. The Balaban J connectivity index is 1.75. The Morgan fingerprint density at radius 1 is 0.882 bits per heavy atom. The maximum atomic E-state index is 13.4. The SMILES string of the molecule is Cc1ccc(N2C(=O)c3c(Cl)ccc(NS(=O)(=O)c4ccc(C(C)(C)C)cc4)c3C2=O)c(C)n1. The Morgan fingerprint density at radius 3 is 2.09 bits per heavy atom. The fourth-order valence-electron chi connectivity index (χ4n) is 3.88. The first kappa shape index (κ1) is 23.9. The molecule has 7 nitrogen and oxygen atoms in total. The first-order chi connectivity index (χ1) is 15.8. The number of benzene rings is 2. The van der Waals surface area contributed by atoms with Gasteiger partial charge < -0.3 is 0 Å². The van der Waals surface area contributed by atoms with Crippen LogP contribution in [0.25, 0.3) is 0 Å². The van der Waals surface area contributed by atoms with E-state index in [4.69, 9.17) is 11.6 Å². The summed E-state index contributed by atoms with van der Waals surface area (Å²) in [7, 11) is -4.03. The molecule has 0 bridgehead atoms. The van der Waals surface area contributed by atoms with Gasteiger partial charge in [-0.15, -0.1) is 0 Å². The lowest BCUT2D eigenvalue weighted by Gasteiger charge is -2.19. The Labute approximate surface area is 203 Å². The molecule has 0 unspecified atom stereocenters. The Bertz CT molecular complexity index is 1440. The number of hydrogen-bond donors (Lipinski definition) is 1. The summed E-state index contributed by atoms with van der Waals surface area (Å²) in [6, 6.07) is 12.6. The molecule has 3 aromatic rings. The summed E-state index contributed by atoms with van der Waals surface area (Å²) in [6.07, 6.45) is 0. The molecule has 0 saturated heterocycles. The second-order valence-electron chi connectivity index (χ2n) is 9.23. The minimum atomic E-state index is -4.03. The number of rotatable bonds is 4. The monoisotopic (exact) mass is 497 g/mol. The molecule has 1 N–H and O–H groups in total. The summed E-state index contributed by atoms with van der Waals surface area (Å²) in [4.78, 5) is 31.9. The summed E-state index contributed by atoms with van der Waals surface area (Å²) < 4.78 is 28.7. The molecule has 0 atom stereocenters. The van der Waals surface area contributed by atoms with Crippen molar-refractivity contribution in [3.8, 4) is 0 Å². The number of sulfonamides is 1. The highest BCUT2D eigenvalue weighted by Crippen LogP contribution is 2.38. The predicted molar refractivity (Wildman–Crippen MR) is 132 cm³/mol. The normalized spacial score (nSPS) is 13.9. The number of anilines is 2. The van der Waals surface area contributed by atoms with Gasteiger partial charge in [0.2, 0.25) is 0 Å². The van der Waals surface area contributed by atoms with Crippen LogP contribution in [0.4, 0.5) is 11.4 Å². The number of carbonyl (C=O) groups is 2. The van der Waals surface area contributed by atoms with Crippen LogP contribution in [0.3, 0.4) is 0 Å². The van der Waals surface area contributed by atoms with Gasteiger partial charge in [-0.3, -0.25) is 19.3 Å². The molecule has 0 aliphatic carbocycles. The molecular formula is C25H24ClN3O4S. The van der Waals surface area contributed by atoms with Crippen molar-refractivity contribution in [3.05, 3.63) is 81.6 Å². The Morgan fingerprint density at radius 2 is 1.50 bits per heavy atom. The van der Waals surface area contributed by atoms with E-state index in [1.54, 1.807) is 38.1 Å². The fraction of sp³-hybridized carbons (Fsp3) is 0.240.